The SMILES string of the molecule is C=Cc1cc(O)c(C(C)C)cc1OC. The first-order valence-electron chi connectivity index (χ1n) is 4.63. The number of phenols is 1. The number of benzene rings is 1. The fourth-order valence-electron chi connectivity index (χ4n) is 1.40. The second kappa shape index (κ2) is 4.18. The first-order chi connectivity index (χ1) is 6.60. The van der Waals surface area contributed by atoms with Gasteiger partial charge in [-0.3, -0.25) is 0 Å². The fraction of sp³-hybridized carbons (Fsp3) is 0.333. The summed E-state index contributed by atoms with van der Waals surface area (Å²) in [6.45, 7) is 7.72. The summed E-state index contributed by atoms with van der Waals surface area (Å²) >= 11 is 0. The normalized spacial score (nSPS) is 10.3. The van der Waals surface area contributed by atoms with Gasteiger partial charge in [-0.1, -0.05) is 26.5 Å². The van der Waals surface area contributed by atoms with E-state index < -0.39 is 0 Å². The van der Waals surface area contributed by atoms with Crippen LogP contribution in [0.15, 0.2) is 18.7 Å². The zero-order valence-corrected chi connectivity index (χ0v) is 8.87. The van der Waals surface area contributed by atoms with Crippen molar-refractivity contribution in [1.82, 2.24) is 0 Å². The minimum atomic E-state index is 0.280. The Morgan fingerprint density at radius 3 is 2.50 bits per heavy atom. The lowest BCUT2D eigenvalue weighted by Crippen LogP contribution is -1.93. The Balaban J connectivity index is 3.30. The Kier molecular flexibility index (Phi) is 3.18. The fourth-order valence-corrected chi connectivity index (χ4v) is 1.40. The molecule has 76 valence electrons. The largest absolute Gasteiger partial charge is 0.508 e. The van der Waals surface area contributed by atoms with Crippen molar-refractivity contribution in [3.8, 4) is 11.5 Å². The van der Waals surface area contributed by atoms with Crippen LogP contribution in [0.3, 0.4) is 0 Å². The first-order valence-corrected chi connectivity index (χ1v) is 4.63. The van der Waals surface area contributed by atoms with Crippen LogP contribution >= 0.6 is 0 Å². The van der Waals surface area contributed by atoms with Crippen LogP contribution < -0.4 is 4.74 Å². The van der Waals surface area contributed by atoms with Crippen LogP contribution in [0, 0.1) is 0 Å². The molecule has 1 N–H and O–H groups in total. The summed E-state index contributed by atoms with van der Waals surface area (Å²) in [5.41, 5.74) is 1.71. The molecule has 0 unspecified atom stereocenters. The zero-order chi connectivity index (χ0) is 10.7. The zero-order valence-electron chi connectivity index (χ0n) is 8.87. The second-order valence-corrected chi connectivity index (χ2v) is 3.51. The highest BCUT2D eigenvalue weighted by Gasteiger charge is 2.10. The molecule has 2 nitrogen and oxygen atoms in total. The molecule has 0 saturated carbocycles. The Morgan fingerprint density at radius 2 is 2.07 bits per heavy atom. The molecule has 0 aliphatic heterocycles. The summed E-state index contributed by atoms with van der Waals surface area (Å²) in [5.74, 6) is 1.33. The summed E-state index contributed by atoms with van der Waals surface area (Å²) in [4.78, 5) is 0. The average molecular weight is 192 g/mol. The number of hydrogen-bond acceptors (Lipinski definition) is 2. The van der Waals surface area contributed by atoms with Gasteiger partial charge >= 0.3 is 0 Å². The van der Waals surface area contributed by atoms with E-state index in [2.05, 4.69) is 6.58 Å². The van der Waals surface area contributed by atoms with Crippen molar-refractivity contribution in [2.24, 2.45) is 0 Å². The summed E-state index contributed by atoms with van der Waals surface area (Å²) in [5, 5.41) is 9.71. The highest BCUT2D eigenvalue weighted by molar-refractivity contribution is 5.60. The van der Waals surface area contributed by atoms with E-state index in [0.29, 0.717) is 5.75 Å². The maximum absolute atomic E-state index is 9.71. The monoisotopic (exact) mass is 192 g/mol. The van der Waals surface area contributed by atoms with Gasteiger partial charge < -0.3 is 9.84 Å². The molecule has 0 aromatic heterocycles. The van der Waals surface area contributed by atoms with Gasteiger partial charge in [-0.15, -0.1) is 0 Å². The molecular weight excluding hydrogens is 176 g/mol. The number of aromatic hydroxyl groups is 1. The van der Waals surface area contributed by atoms with Crippen molar-refractivity contribution in [1.29, 1.82) is 0 Å². The van der Waals surface area contributed by atoms with Gasteiger partial charge in [-0.2, -0.15) is 0 Å². The topological polar surface area (TPSA) is 29.5 Å². The van der Waals surface area contributed by atoms with Crippen molar-refractivity contribution in [2.45, 2.75) is 19.8 Å². The van der Waals surface area contributed by atoms with Crippen LogP contribution in [0.1, 0.15) is 30.9 Å². The summed E-state index contributed by atoms with van der Waals surface area (Å²) in [7, 11) is 1.61. The van der Waals surface area contributed by atoms with E-state index in [9.17, 15) is 5.11 Å². The minimum Gasteiger partial charge on any atom is -0.508 e. The van der Waals surface area contributed by atoms with Crippen molar-refractivity contribution < 1.29 is 9.84 Å². The van der Waals surface area contributed by atoms with Crippen molar-refractivity contribution in [2.75, 3.05) is 7.11 Å². The summed E-state index contributed by atoms with van der Waals surface area (Å²) in [6, 6.07) is 3.54. The summed E-state index contributed by atoms with van der Waals surface area (Å²) in [6.07, 6.45) is 1.67. The van der Waals surface area contributed by atoms with Crippen molar-refractivity contribution in [3.05, 3.63) is 29.8 Å². The third-order valence-electron chi connectivity index (χ3n) is 2.22. The number of phenolic OH excluding ortho intramolecular Hbond substituents is 1. The molecule has 1 rings (SSSR count). The average Bonchev–Trinajstić information content (AvgIpc) is 2.16. The van der Waals surface area contributed by atoms with Crippen LogP contribution in [0.2, 0.25) is 0 Å². The molecule has 0 radical (unpaired) electrons. The standard InChI is InChI=1S/C12H16O2/c1-5-9-6-11(13)10(8(2)3)7-12(9)14-4/h5-8,13H,1H2,2-4H3. The third-order valence-corrected chi connectivity index (χ3v) is 2.22. The molecule has 0 bridgehead atoms. The van der Waals surface area contributed by atoms with Crippen LogP contribution in [0.4, 0.5) is 0 Å². The van der Waals surface area contributed by atoms with Gasteiger partial charge in [-0.05, 0) is 18.1 Å². The van der Waals surface area contributed by atoms with E-state index >= 15 is 0 Å². The molecule has 0 aliphatic carbocycles. The molecule has 0 fully saturated rings. The molecule has 0 heterocycles. The molecule has 0 amide bonds. The van der Waals surface area contributed by atoms with Gasteiger partial charge in [-0.25, -0.2) is 0 Å². The number of hydrogen-bond donors (Lipinski definition) is 1. The lowest BCUT2D eigenvalue weighted by molar-refractivity contribution is 0.409. The van der Waals surface area contributed by atoms with Crippen LogP contribution in [0.5, 0.6) is 11.5 Å². The van der Waals surface area contributed by atoms with E-state index in [1.807, 2.05) is 19.9 Å². The van der Waals surface area contributed by atoms with Gasteiger partial charge in [0, 0.05) is 11.1 Å². The van der Waals surface area contributed by atoms with E-state index in [-0.39, 0.29) is 5.92 Å². The quantitative estimate of drug-likeness (QED) is 0.797. The Morgan fingerprint density at radius 1 is 1.43 bits per heavy atom. The first kappa shape index (κ1) is 10.6. The number of rotatable bonds is 3. The molecule has 0 aliphatic rings. The number of methoxy groups -OCH3 is 1. The van der Waals surface area contributed by atoms with Gasteiger partial charge in [0.15, 0.2) is 0 Å². The maximum atomic E-state index is 9.71. The summed E-state index contributed by atoms with van der Waals surface area (Å²) < 4.78 is 5.20. The van der Waals surface area contributed by atoms with Crippen molar-refractivity contribution in [3.63, 3.8) is 0 Å². The van der Waals surface area contributed by atoms with E-state index in [0.717, 1.165) is 16.9 Å². The highest BCUT2D eigenvalue weighted by atomic mass is 16.5. The van der Waals surface area contributed by atoms with Crippen molar-refractivity contribution >= 4 is 6.08 Å². The van der Waals surface area contributed by atoms with Crippen LogP contribution in [-0.4, -0.2) is 12.2 Å². The smallest absolute Gasteiger partial charge is 0.126 e. The van der Waals surface area contributed by atoms with E-state index in [1.54, 1.807) is 19.3 Å². The molecule has 2 heteroatoms. The maximum Gasteiger partial charge on any atom is 0.126 e. The van der Waals surface area contributed by atoms with Crippen LogP contribution in [-0.2, 0) is 0 Å². The number of ether oxygens (including phenoxy) is 1. The predicted octanol–water partition coefficient (Wildman–Crippen LogP) is 3.17. The Hall–Kier alpha value is -1.44. The van der Waals surface area contributed by atoms with E-state index in [1.165, 1.54) is 0 Å². The predicted molar refractivity (Wildman–Crippen MR) is 58.8 cm³/mol. The van der Waals surface area contributed by atoms with E-state index in [4.69, 9.17) is 4.74 Å². The highest BCUT2D eigenvalue weighted by Crippen LogP contribution is 2.33. The molecule has 0 atom stereocenters. The second-order valence-electron chi connectivity index (χ2n) is 3.51. The molecule has 1 aromatic carbocycles. The molecule has 1 aromatic rings. The van der Waals surface area contributed by atoms with Gasteiger partial charge in [0.05, 0.1) is 7.11 Å². The molecular formula is C12H16O2. The minimum absolute atomic E-state index is 0.280. The van der Waals surface area contributed by atoms with Gasteiger partial charge in [0.2, 0.25) is 0 Å². The lowest BCUT2D eigenvalue weighted by Gasteiger charge is -2.12. The Labute approximate surface area is 84.8 Å². The molecule has 0 saturated heterocycles. The molecule has 0 spiro atoms. The molecule has 14 heavy (non-hydrogen) atoms. The lowest BCUT2D eigenvalue weighted by atomic mass is 9.99. The Bertz CT molecular complexity index is 340. The van der Waals surface area contributed by atoms with Crippen LogP contribution in [0.25, 0.3) is 6.08 Å². The van der Waals surface area contributed by atoms with Gasteiger partial charge in [0.1, 0.15) is 11.5 Å². The van der Waals surface area contributed by atoms with Gasteiger partial charge in [0.25, 0.3) is 0 Å². The third kappa shape index (κ3) is 1.90.